The molecule has 1 aromatic carbocycles. The van der Waals surface area contributed by atoms with Gasteiger partial charge in [0.25, 0.3) is 0 Å². The summed E-state index contributed by atoms with van der Waals surface area (Å²) >= 11 is 1.60. The Morgan fingerprint density at radius 3 is 3.00 bits per heavy atom. The van der Waals surface area contributed by atoms with Gasteiger partial charge in [-0.1, -0.05) is 6.07 Å². The molecule has 0 spiro atoms. The van der Waals surface area contributed by atoms with Crippen LogP contribution in [0.15, 0.2) is 36.0 Å². The van der Waals surface area contributed by atoms with Gasteiger partial charge < -0.3 is 15.4 Å². The molecule has 5 nitrogen and oxygen atoms in total. The van der Waals surface area contributed by atoms with Crippen molar-refractivity contribution >= 4 is 28.6 Å². The molecule has 0 bridgehead atoms. The van der Waals surface area contributed by atoms with Crippen LogP contribution in [0.1, 0.15) is 4.88 Å². The molecule has 0 unspecified atom stereocenters. The summed E-state index contributed by atoms with van der Waals surface area (Å²) in [6, 6.07) is 7.56. The zero-order valence-electron chi connectivity index (χ0n) is 10.6. The molecular formula is C13H15N3O2S. The van der Waals surface area contributed by atoms with Crippen LogP contribution in [-0.2, 0) is 16.1 Å². The second-order valence-electron chi connectivity index (χ2n) is 3.88. The normalized spacial score (nSPS) is 10.2. The summed E-state index contributed by atoms with van der Waals surface area (Å²) in [5.41, 5.74) is 3.50. The second kappa shape index (κ2) is 6.86. The lowest BCUT2D eigenvalue weighted by Crippen LogP contribution is -2.17. The first-order valence-corrected chi connectivity index (χ1v) is 6.66. The number of aromatic nitrogens is 1. The Hall–Kier alpha value is -1.92. The van der Waals surface area contributed by atoms with E-state index in [0.29, 0.717) is 0 Å². The summed E-state index contributed by atoms with van der Waals surface area (Å²) in [5.74, 6) is -0.165. The molecule has 0 radical (unpaired) electrons. The molecule has 2 aromatic rings. The van der Waals surface area contributed by atoms with Crippen LogP contribution in [0.25, 0.3) is 0 Å². The molecule has 1 amide bonds. The fraction of sp³-hybridized carbons (Fsp3) is 0.231. The van der Waals surface area contributed by atoms with E-state index in [-0.39, 0.29) is 12.5 Å². The van der Waals surface area contributed by atoms with Crippen molar-refractivity contribution < 1.29 is 9.53 Å². The van der Waals surface area contributed by atoms with Gasteiger partial charge in [-0.05, 0) is 18.2 Å². The van der Waals surface area contributed by atoms with Gasteiger partial charge in [0.2, 0.25) is 5.91 Å². The molecule has 100 valence electrons. The standard InChI is InChI=1S/C13H15N3O2S/c1-18-8-13(17)16-11-4-2-3-10(5-11)15-7-12-6-14-9-19-12/h2-6,9,15H,7-8H2,1H3,(H,16,17). The van der Waals surface area contributed by atoms with E-state index in [9.17, 15) is 4.79 Å². The monoisotopic (exact) mass is 277 g/mol. The third kappa shape index (κ3) is 4.35. The third-order valence-corrected chi connectivity index (χ3v) is 3.15. The van der Waals surface area contributed by atoms with Crippen LogP contribution in [0, 0.1) is 0 Å². The second-order valence-corrected chi connectivity index (χ2v) is 4.85. The SMILES string of the molecule is COCC(=O)Nc1cccc(NCc2cncs2)c1. The van der Waals surface area contributed by atoms with Gasteiger partial charge in [0.15, 0.2) is 0 Å². The van der Waals surface area contributed by atoms with E-state index >= 15 is 0 Å². The van der Waals surface area contributed by atoms with Crippen LogP contribution in [0.3, 0.4) is 0 Å². The topological polar surface area (TPSA) is 63.2 Å². The number of methoxy groups -OCH3 is 1. The summed E-state index contributed by atoms with van der Waals surface area (Å²) in [4.78, 5) is 16.6. The zero-order valence-corrected chi connectivity index (χ0v) is 11.4. The van der Waals surface area contributed by atoms with Crippen molar-refractivity contribution in [2.24, 2.45) is 0 Å². The number of carbonyl (C=O) groups is 1. The fourth-order valence-electron chi connectivity index (χ4n) is 1.55. The first kappa shape index (κ1) is 13.5. The summed E-state index contributed by atoms with van der Waals surface area (Å²) < 4.78 is 4.77. The molecule has 0 aliphatic carbocycles. The van der Waals surface area contributed by atoms with Crippen molar-refractivity contribution in [2.75, 3.05) is 24.4 Å². The zero-order chi connectivity index (χ0) is 13.5. The minimum Gasteiger partial charge on any atom is -0.380 e. The largest absolute Gasteiger partial charge is 0.380 e. The maximum Gasteiger partial charge on any atom is 0.250 e. The highest BCUT2D eigenvalue weighted by Crippen LogP contribution is 2.16. The molecule has 0 fully saturated rings. The van der Waals surface area contributed by atoms with Gasteiger partial charge in [-0.2, -0.15) is 0 Å². The van der Waals surface area contributed by atoms with Gasteiger partial charge in [0, 0.05) is 29.6 Å². The average molecular weight is 277 g/mol. The first-order valence-electron chi connectivity index (χ1n) is 5.78. The number of carbonyl (C=O) groups excluding carboxylic acids is 1. The van der Waals surface area contributed by atoms with Gasteiger partial charge >= 0.3 is 0 Å². The van der Waals surface area contributed by atoms with E-state index in [0.717, 1.165) is 22.8 Å². The molecule has 0 atom stereocenters. The molecule has 0 saturated heterocycles. The lowest BCUT2D eigenvalue weighted by atomic mass is 10.2. The van der Waals surface area contributed by atoms with E-state index in [1.165, 1.54) is 7.11 Å². The number of amides is 1. The average Bonchev–Trinajstić information content (AvgIpc) is 2.90. The minimum absolute atomic E-state index is 0.0541. The summed E-state index contributed by atoms with van der Waals surface area (Å²) in [5, 5.41) is 6.04. The van der Waals surface area contributed by atoms with E-state index < -0.39 is 0 Å². The number of nitrogens with one attached hydrogen (secondary N) is 2. The Morgan fingerprint density at radius 2 is 2.26 bits per heavy atom. The van der Waals surface area contributed by atoms with Crippen LogP contribution in [0.2, 0.25) is 0 Å². The van der Waals surface area contributed by atoms with Crippen LogP contribution >= 0.6 is 11.3 Å². The predicted molar refractivity (Wildman–Crippen MR) is 76.4 cm³/mol. The highest BCUT2D eigenvalue weighted by molar-refractivity contribution is 7.09. The number of anilines is 2. The number of nitrogens with zero attached hydrogens (tertiary/aromatic N) is 1. The molecule has 1 aromatic heterocycles. The molecule has 0 aliphatic rings. The molecule has 2 N–H and O–H groups in total. The van der Waals surface area contributed by atoms with Crippen molar-refractivity contribution in [3.05, 3.63) is 40.8 Å². The molecule has 0 aliphatic heterocycles. The van der Waals surface area contributed by atoms with Crippen molar-refractivity contribution in [3.8, 4) is 0 Å². The Bertz CT molecular complexity index is 528. The van der Waals surface area contributed by atoms with Crippen LogP contribution in [-0.4, -0.2) is 24.6 Å². The number of hydrogen-bond donors (Lipinski definition) is 2. The minimum atomic E-state index is -0.165. The van der Waals surface area contributed by atoms with Gasteiger partial charge in [0.1, 0.15) is 6.61 Å². The number of benzene rings is 1. The molecule has 19 heavy (non-hydrogen) atoms. The Labute approximate surface area is 115 Å². The molecule has 2 rings (SSSR count). The van der Waals surface area contributed by atoms with Crippen molar-refractivity contribution in [3.63, 3.8) is 0 Å². The Kier molecular flexibility index (Phi) is 4.88. The molecule has 1 heterocycles. The smallest absolute Gasteiger partial charge is 0.250 e. The van der Waals surface area contributed by atoms with Crippen molar-refractivity contribution in [1.82, 2.24) is 4.98 Å². The van der Waals surface area contributed by atoms with Crippen LogP contribution in [0.4, 0.5) is 11.4 Å². The van der Waals surface area contributed by atoms with Crippen LogP contribution in [0.5, 0.6) is 0 Å². The van der Waals surface area contributed by atoms with E-state index in [1.54, 1.807) is 16.8 Å². The predicted octanol–water partition coefficient (Wildman–Crippen LogP) is 2.34. The summed E-state index contributed by atoms with van der Waals surface area (Å²) in [6.45, 7) is 0.776. The van der Waals surface area contributed by atoms with Crippen LogP contribution < -0.4 is 10.6 Å². The van der Waals surface area contributed by atoms with Crippen molar-refractivity contribution in [1.29, 1.82) is 0 Å². The number of thiazole rings is 1. The number of ether oxygens (including phenoxy) is 1. The maximum atomic E-state index is 11.4. The highest BCUT2D eigenvalue weighted by atomic mass is 32.1. The highest BCUT2D eigenvalue weighted by Gasteiger charge is 2.02. The lowest BCUT2D eigenvalue weighted by molar-refractivity contribution is -0.119. The molecule has 0 saturated carbocycles. The maximum absolute atomic E-state index is 11.4. The number of rotatable bonds is 6. The van der Waals surface area contributed by atoms with Crippen molar-refractivity contribution in [2.45, 2.75) is 6.54 Å². The quantitative estimate of drug-likeness (QED) is 0.850. The molecule has 6 heteroatoms. The molecular weight excluding hydrogens is 262 g/mol. The van der Waals surface area contributed by atoms with Gasteiger partial charge in [0.05, 0.1) is 12.1 Å². The van der Waals surface area contributed by atoms with E-state index in [2.05, 4.69) is 15.6 Å². The lowest BCUT2D eigenvalue weighted by Gasteiger charge is -2.08. The fourth-order valence-corrected chi connectivity index (χ4v) is 2.09. The van der Waals surface area contributed by atoms with Gasteiger partial charge in [-0.25, -0.2) is 0 Å². The summed E-state index contributed by atoms with van der Waals surface area (Å²) in [6.07, 6.45) is 1.84. The van der Waals surface area contributed by atoms with E-state index in [4.69, 9.17) is 4.74 Å². The Morgan fingerprint density at radius 1 is 1.42 bits per heavy atom. The van der Waals surface area contributed by atoms with E-state index in [1.807, 2.05) is 30.5 Å². The summed E-state index contributed by atoms with van der Waals surface area (Å²) in [7, 11) is 1.49. The van der Waals surface area contributed by atoms with Gasteiger partial charge in [-0.3, -0.25) is 9.78 Å². The first-order chi connectivity index (χ1) is 9.28. The van der Waals surface area contributed by atoms with Gasteiger partial charge in [-0.15, -0.1) is 11.3 Å². The third-order valence-electron chi connectivity index (χ3n) is 2.37. The number of hydrogen-bond acceptors (Lipinski definition) is 5. The Balaban J connectivity index is 1.93.